The largest absolute Gasteiger partial charge is 0.493 e. The summed E-state index contributed by atoms with van der Waals surface area (Å²) in [5, 5.41) is 7.24. The van der Waals surface area contributed by atoms with Gasteiger partial charge in [0.25, 0.3) is 5.91 Å². The summed E-state index contributed by atoms with van der Waals surface area (Å²) in [6.45, 7) is 0. The molecule has 1 N–H and O–H groups in total. The van der Waals surface area contributed by atoms with Crippen LogP contribution >= 0.6 is 0 Å². The van der Waals surface area contributed by atoms with Gasteiger partial charge in [-0.3, -0.25) is 9.48 Å². The zero-order chi connectivity index (χ0) is 17.3. The Bertz CT molecular complexity index is 757. The number of aromatic nitrogens is 2. The van der Waals surface area contributed by atoms with E-state index in [1.165, 1.54) is 21.3 Å². The second-order valence-corrected chi connectivity index (χ2v) is 5.62. The fourth-order valence-corrected chi connectivity index (χ4v) is 3.14. The fourth-order valence-electron chi connectivity index (χ4n) is 3.14. The van der Waals surface area contributed by atoms with Gasteiger partial charge in [-0.15, -0.1) is 0 Å². The van der Waals surface area contributed by atoms with Crippen LogP contribution in [0.4, 0.5) is 5.69 Å². The Balaban J connectivity index is 1.91. The average molecular weight is 331 g/mol. The molecule has 2 aromatic rings. The minimum Gasteiger partial charge on any atom is -0.493 e. The van der Waals surface area contributed by atoms with E-state index in [0.29, 0.717) is 28.6 Å². The number of carbonyl (C=O) groups is 1. The first-order valence-corrected chi connectivity index (χ1v) is 7.75. The number of hydrogen-bond donors (Lipinski definition) is 1. The summed E-state index contributed by atoms with van der Waals surface area (Å²) < 4.78 is 17.7. The molecular weight excluding hydrogens is 310 g/mol. The normalized spacial score (nSPS) is 12.7. The zero-order valence-corrected chi connectivity index (χ0v) is 14.3. The van der Waals surface area contributed by atoms with E-state index in [1.807, 2.05) is 7.05 Å². The lowest BCUT2D eigenvalue weighted by Crippen LogP contribution is -2.15. The van der Waals surface area contributed by atoms with Crippen LogP contribution in [0.25, 0.3) is 0 Å². The molecule has 1 amide bonds. The van der Waals surface area contributed by atoms with Crippen molar-refractivity contribution in [3.05, 3.63) is 29.1 Å². The number of aryl methyl sites for hydroxylation is 1. The molecule has 7 heteroatoms. The highest BCUT2D eigenvalue weighted by Gasteiger charge is 2.25. The lowest BCUT2D eigenvalue weighted by molar-refractivity contribution is 0.102. The van der Waals surface area contributed by atoms with Gasteiger partial charge in [-0.05, 0) is 19.3 Å². The number of carbonyl (C=O) groups excluding carboxylic acids is 1. The number of ether oxygens (including phenoxy) is 3. The minimum absolute atomic E-state index is 0.233. The number of hydrogen-bond acceptors (Lipinski definition) is 5. The fraction of sp³-hybridized carbons (Fsp3) is 0.412. The molecule has 1 aliphatic rings. The van der Waals surface area contributed by atoms with Crippen molar-refractivity contribution < 1.29 is 19.0 Å². The number of anilines is 1. The summed E-state index contributed by atoms with van der Waals surface area (Å²) in [4.78, 5) is 12.6. The Morgan fingerprint density at radius 2 is 1.79 bits per heavy atom. The SMILES string of the molecule is COc1cc(NC(=O)c2nn(C)c3c2CCC3)cc(OC)c1OC. The molecule has 0 saturated carbocycles. The van der Waals surface area contributed by atoms with E-state index in [4.69, 9.17) is 14.2 Å². The van der Waals surface area contributed by atoms with E-state index in [0.717, 1.165) is 30.5 Å². The summed E-state index contributed by atoms with van der Waals surface area (Å²) in [5.74, 6) is 1.22. The number of rotatable bonds is 5. The Morgan fingerprint density at radius 3 is 2.38 bits per heavy atom. The highest BCUT2D eigenvalue weighted by Crippen LogP contribution is 2.40. The van der Waals surface area contributed by atoms with Crippen LogP contribution in [0.2, 0.25) is 0 Å². The molecule has 0 unspecified atom stereocenters. The summed E-state index contributed by atoms with van der Waals surface area (Å²) in [6, 6.07) is 3.39. The van der Waals surface area contributed by atoms with Crippen LogP contribution < -0.4 is 19.5 Å². The van der Waals surface area contributed by atoms with Crippen LogP contribution in [-0.2, 0) is 19.9 Å². The molecule has 7 nitrogen and oxygen atoms in total. The molecule has 0 radical (unpaired) electrons. The summed E-state index contributed by atoms with van der Waals surface area (Å²) in [5.41, 5.74) is 3.23. The first-order valence-electron chi connectivity index (χ1n) is 7.75. The van der Waals surface area contributed by atoms with E-state index >= 15 is 0 Å². The van der Waals surface area contributed by atoms with Gasteiger partial charge in [0.05, 0.1) is 21.3 Å². The van der Waals surface area contributed by atoms with Crippen LogP contribution in [0.1, 0.15) is 28.2 Å². The third kappa shape index (κ3) is 2.66. The number of fused-ring (bicyclic) bond motifs is 1. The zero-order valence-electron chi connectivity index (χ0n) is 14.3. The van der Waals surface area contributed by atoms with E-state index < -0.39 is 0 Å². The van der Waals surface area contributed by atoms with Crippen molar-refractivity contribution in [2.75, 3.05) is 26.6 Å². The Kier molecular flexibility index (Phi) is 4.33. The van der Waals surface area contributed by atoms with Crippen LogP contribution in [0, 0.1) is 0 Å². The Labute approximate surface area is 140 Å². The van der Waals surface area contributed by atoms with Crippen molar-refractivity contribution in [3.63, 3.8) is 0 Å². The molecule has 0 saturated heterocycles. The van der Waals surface area contributed by atoms with Gasteiger partial charge in [0.15, 0.2) is 17.2 Å². The van der Waals surface area contributed by atoms with Gasteiger partial charge in [0, 0.05) is 36.1 Å². The molecule has 1 aromatic heterocycles. The molecule has 0 bridgehead atoms. The second-order valence-electron chi connectivity index (χ2n) is 5.62. The van der Waals surface area contributed by atoms with Gasteiger partial charge in [0.1, 0.15) is 0 Å². The number of amides is 1. The summed E-state index contributed by atoms with van der Waals surface area (Å²) >= 11 is 0. The van der Waals surface area contributed by atoms with Gasteiger partial charge in [-0.2, -0.15) is 5.10 Å². The molecular formula is C17H21N3O4. The molecule has 0 fully saturated rings. The summed E-state index contributed by atoms with van der Waals surface area (Å²) in [6.07, 6.45) is 2.92. The average Bonchev–Trinajstić information content (AvgIpc) is 3.18. The van der Waals surface area contributed by atoms with E-state index in [9.17, 15) is 4.79 Å². The van der Waals surface area contributed by atoms with Gasteiger partial charge < -0.3 is 19.5 Å². The number of nitrogens with zero attached hydrogens (tertiary/aromatic N) is 2. The maximum Gasteiger partial charge on any atom is 0.276 e. The van der Waals surface area contributed by atoms with Gasteiger partial charge >= 0.3 is 0 Å². The highest BCUT2D eigenvalue weighted by molar-refractivity contribution is 6.04. The Hall–Kier alpha value is -2.70. The van der Waals surface area contributed by atoms with Gasteiger partial charge in [0.2, 0.25) is 5.75 Å². The Morgan fingerprint density at radius 1 is 1.12 bits per heavy atom. The van der Waals surface area contributed by atoms with Crippen molar-refractivity contribution in [3.8, 4) is 17.2 Å². The third-order valence-corrected chi connectivity index (χ3v) is 4.25. The van der Waals surface area contributed by atoms with Gasteiger partial charge in [-0.1, -0.05) is 0 Å². The van der Waals surface area contributed by atoms with Crippen molar-refractivity contribution in [1.29, 1.82) is 0 Å². The number of methoxy groups -OCH3 is 3. The molecule has 1 heterocycles. The van der Waals surface area contributed by atoms with Crippen molar-refractivity contribution >= 4 is 11.6 Å². The number of nitrogens with one attached hydrogen (secondary N) is 1. The lowest BCUT2D eigenvalue weighted by atomic mass is 10.2. The summed E-state index contributed by atoms with van der Waals surface area (Å²) in [7, 11) is 6.49. The molecule has 3 rings (SSSR count). The molecule has 0 spiro atoms. The van der Waals surface area contributed by atoms with Crippen LogP contribution in [0.5, 0.6) is 17.2 Å². The molecule has 24 heavy (non-hydrogen) atoms. The molecule has 128 valence electrons. The molecule has 0 atom stereocenters. The van der Waals surface area contributed by atoms with Crippen molar-refractivity contribution in [2.24, 2.45) is 7.05 Å². The quantitative estimate of drug-likeness (QED) is 0.909. The van der Waals surface area contributed by atoms with Gasteiger partial charge in [-0.25, -0.2) is 0 Å². The minimum atomic E-state index is -0.233. The van der Waals surface area contributed by atoms with E-state index in [-0.39, 0.29) is 5.91 Å². The molecule has 0 aliphatic heterocycles. The standard InChI is InChI=1S/C17H21N3O4/c1-20-12-7-5-6-11(12)15(19-20)17(21)18-10-8-13(22-2)16(24-4)14(9-10)23-3/h8-9H,5-7H2,1-4H3,(H,18,21). The molecule has 1 aliphatic carbocycles. The van der Waals surface area contributed by atoms with Crippen molar-refractivity contribution in [2.45, 2.75) is 19.3 Å². The predicted molar refractivity (Wildman–Crippen MR) is 89.3 cm³/mol. The maximum atomic E-state index is 12.6. The lowest BCUT2D eigenvalue weighted by Gasteiger charge is -2.14. The highest BCUT2D eigenvalue weighted by atomic mass is 16.5. The smallest absolute Gasteiger partial charge is 0.276 e. The molecule has 1 aromatic carbocycles. The predicted octanol–water partition coefficient (Wildman–Crippen LogP) is 2.19. The second kappa shape index (κ2) is 6.43. The first-order chi connectivity index (χ1) is 11.6. The van der Waals surface area contributed by atoms with Crippen LogP contribution in [0.3, 0.4) is 0 Å². The van der Waals surface area contributed by atoms with Crippen LogP contribution in [-0.4, -0.2) is 37.0 Å². The topological polar surface area (TPSA) is 74.6 Å². The first kappa shape index (κ1) is 16.2. The number of benzene rings is 1. The van der Waals surface area contributed by atoms with E-state index in [1.54, 1.807) is 16.8 Å². The van der Waals surface area contributed by atoms with Crippen LogP contribution in [0.15, 0.2) is 12.1 Å². The third-order valence-electron chi connectivity index (χ3n) is 4.25. The maximum absolute atomic E-state index is 12.6. The van der Waals surface area contributed by atoms with E-state index in [2.05, 4.69) is 10.4 Å². The van der Waals surface area contributed by atoms with Crippen molar-refractivity contribution in [1.82, 2.24) is 9.78 Å². The monoisotopic (exact) mass is 331 g/mol.